The van der Waals surface area contributed by atoms with Crippen LogP contribution < -0.4 is 5.32 Å². The number of fused-ring (bicyclic) bond motifs is 1. The van der Waals surface area contributed by atoms with Gasteiger partial charge in [-0.2, -0.15) is 0 Å². The van der Waals surface area contributed by atoms with Crippen molar-refractivity contribution in [3.8, 4) is 0 Å². The summed E-state index contributed by atoms with van der Waals surface area (Å²) in [7, 11) is 0. The van der Waals surface area contributed by atoms with Crippen molar-refractivity contribution in [1.29, 1.82) is 0 Å². The van der Waals surface area contributed by atoms with Gasteiger partial charge in [0.25, 0.3) is 5.91 Å². The molecule has 0 saturated carbocycles. The number of rotatable bonds is 4. The Morgan fingerprint density at radius 3 is 2.27 bits per heavy atom. The van der Waals surface area contributed by atoms with E-state index in [4.69, 9.17) is 0 Å². The Kier molecular flexibility index (Phi) is 4.53. The molecule has 0 aliphatic heterocycles. The molecule has 0 bridgehead atoms. The van der Waals surface area contributed by atoms with Gasteiger partial charge in [0.2, 0.25) is 0 Å². The second kappa shape index (κ2) is 7.12. The summed E-state index contributed by atoms with van der Waals surface area (Å²) in [4.78, 5) is 12.3. The van der Waals surface area contributed by atoms with E-state index in [1.165, 1.54) is 23.3 Å². The normalized spacial score (nSPS) is 18.3. The quantitative estimate of drug-likeness (QED) is 0.718. The van der Waals surface area contributed by atoms with Crippen molar-refractivity contribution in [2.24, 2.45) is 0 Å². The molecule has 0 spiro atoms. The maximum Gasteiger partial charge on any atom is 0.251 e. The molecular weight excluding hydrogens is 325 g/mol. The van der Waals surface area contributed by atoms with Gasteiger partial charge in [-0.3, -0.25) is 4.79 Å². The summed E-state index contributed by atoms with van der Waals surface area (Å²) in [5.74, 6) is 0.236. The molecule has 2 nitrogen and oxygen atoms in total. The molecule has 0 heterocycles. The Morgan fingerprint density at radius 2 is 1.54 bits per heavy atom. The molecule has 0 aromatic heterocycles. The van der Waals surface area contributed by atoms with E-state index in [0.29, 0.717) is 12.1 Å². The van der Waals surface area contributed by atoms with Crippen LogP contribution in [0.2, 0.25) is 0 Å². The molecular formula is C23H20FNO. The number of carbonyl (C=O) groups excluding carboxylic acids is 1. The number of hydrogen-bond acceptors (Lipinski definition) is 1. The van der Waals surface area contributed by atoms with E-state index in [-0.39, 0.29) is 23.6 Å². The molecule has 1 N–H and O–H groups in total. The SMILES string of the molecule is O=C(NC[C@@H]1C[C@@H](c2ccc(F)cc2)c2ccccc21)c1ccccc1. The lowest BCUT2D eigenvalue weighted by Crippen LogP contribution is -2.27. The van der Waals surface area contributed by atoms with Crippen LogP contribution in [0, 0.1) is 5.82 Å². The van der Waals surface area contributed by atoms with Gasteiger partial charge in [-0.25, -0.2) is 4.39 Å². The fourth-order valence-corrected chi connectivity index (χ4v) is 3.85. The second-order valence-corrected chi connectivity index (χ2v) is 6.74. The Balaban J connectivity index is 1.53. The second-order valence-electron chi connectivity index (χ2n) is 6.74. The van der Waals surface area contributed by atoms with Crippen molar-refractivity contribution in [1.82, 2.24) is 5.32 Å². The predicted molar refractivity (Wildman–Crippen MR) is 101 cm³/mol. The summed E-state index contributed by atoms with van der Waals surface area (Å²) in [6.45, 7) is 0.600. The van der Waals surface area contributed by atoms with Gasteiger partial charge in [-0.05, 0) is 47.4 Å². The van der Waals surface area contributed by atoms with Crippen molar-refractivity contribution in [2.45, 2.75) is 18.3 Å². The van der Waals surface area contributed by atoms with Crippen LogP contribution in [0.25, 0.3) is 0 Å². The number of amides is 1. The van der Waals surface area contributed by atoms with Gasteiger partial charge in [-0.1, -0.05) is 54.6 Å². The summed E-state index contributed by atoms with van der Waals surface area (Å²) in [6.07, 6.45) is 0.917. The summed E-state index contributed by atoms with van der Waals surface area (Å²) < 4.78 is 13.3. The van der Waals surface area contributed by atoms with Crippen LogP contribution in [0.1, 0.15) is 45.3 Å². The van der Waals surface area contributed by atoms with Gasteiger partial charge >= 0.3 is 0 Å². The van der Waals surface area contributed by atoms with Crippen molar-refractivity contribution in [3.05, 3.63) is 107 Å². The molecule has 1 amide bonds. The third kappa shape index (κ3) is 3.25. The number of halogens is 1. The fourth-order valence-electron chi connectivity index (χ4n) is 3.85. The molecule has 26 heavy (non-hydrogen) atoms. The summed E-state index contributed by atoms with van der Waals surface area (Å²) >= 11 is 0. The number of benzene rings is 3. The lowest BCUT2D eigenvalue weighted by atomic mass is 9.92. The molecule has 4 rings (SSSR count). The maximum atomic E-state index is 13.3. The van der Waals surface area contributed by atoms with Gasteiger partial charge < -0.3 is 5.32 Å². The topological polar surface area (TPSA) is 29.1 Å². The highest BCUT2D eigenvalue weighted by Crippen LogP contribution is 2.44. The molecule has 130 valence electrons. The fraction of sp³-hybridized carbons (Fsp3) is 0.174. The summed E-state index contributed by atoms with van der Waals surface area (Å²) in [6, 6.07) is 24.4. The minimum Gasteiger partial charge on any atom is -0.351 e. The average Bonchev–Trinajstić information content (AvgIpc) is 3.06. The molecule has 1 aliphatic carbocycles. The Labute approximate surface area is 152 Å². The van der Waals surface area contributed by atoms with Gasteiger partial charge in [0.05, 0.1) is 0 Å². The van der Waals surface area contributed by atoms with E-state index in [1.54, 1.807) is 0 Å². The minimum atomic E-state index is -0.216. The first-order valence-corrected chi connectivity index (χ1v) is 8.90. The monoisotopic (exact) mass is 345 g/mol. The highest BCUT2D eigenvalue weighted by Gasteiger charge is 2.31. The van der Waals surface area contributed by atoms with E-state index in [1.807, 2.05) is 54.6 Å². The van der Waals surface area contributed by atoms with E-state index < -0.39 is 0 Å². The highest BCUT2D eigenvalue weighted by molar-refractivity contribution is 5.94. The zero-order valence-electron chi connectivity index (χ0n) is 14.4. The Hall–Kier alpha value is -2.94. The maximum absolute atomic E-state index is 13.3. The van der Waals surface area contributed by atoms with Crippen LogP contribution in [0.15, 0.2) is 78.9 Å². The van der Waals surface area contributed by atoms with Crippen molar-refractivity contribution < 1.29 is 9.18 Å². The molecule has 3 aromatic carbocycles. The number of carbonyl (C=O) groups is 1. The first-order chi connectivity index (χ1) is 12.7. The minimum absolute atomic E-state index is 0.0479. The number of nitrogens with one attached hydrogen (secondary N) is 1. The molecule has 3 heteroatoms. The van der Waals surface area contributed by atoms with Crippen LogP contribution >= 0.6 is 0 Å². The van der Waals surface area contributed by atoms with Crippen molar-refractivity contribution >= 4 is 5.91 Å². The Bertz CT molecular complexity index is 905. The van der Waals surface area contributed by atoms with Crippen LogP contribution in [-0.4, -0.2) is 12.5 Å². The summed E-state index contributed by atoms with van der Waals surface area (Å²) in [5, 5.41) is 3.06. The largest absolute Gasteiger partial charge is 0.351 e. The van der Waals surface area contributed by atoms with Crippen LogP contribution in [0.4, 0.5) is 4.39 Å². The average molecular weight is 345 g/mol. The molecule has 0 saturated heterocycles. The predicted octanol–water partition coefficient (Wildman–Crippen LogP) is 4.87. The van der Waals surface area contributed by atoms with Crippen molar-refractivity contribution in [3.63, 3.8) is 0 Å². The molecule has 0 unspecified atom stereocenters. The summed E-state index contributed by atoms with van der Waals surface area (Å²) in [5.41, 5.74) is 4.35. The molecule has 0 fully saturated rings. The van der Waals surface area contributed by atoms with Gasteiger partial charge in [0.1, 0.15) is 5.82 Å². The smallest absolute Gasteiger partial charge is 0.251 e. The first-order valence-electron chi connectivity index (χ1n) is 8.90. The zero-order chi connectivity index (χ0) is 17.9. The first kappa shape index (κ1) is 16.5. The lowest BCUT2D eigenvalue weighted by molar-refractivity contribution is 0.0951. The van der Waals surface area contributed by atoms with Gasteiger partial charge in [-0.15, -0.1) is 0 Å². The third-order valence-electron chi connectivity index (χ3n) is 5.15. The number of hydrogen-bond donors (Lipinski definition) is 1. The molecule has 3 aromatic rings. The standard InChI is InChI=1S/C23H20FNO/c24-19-12-10-16(11-13-19)22-14-18(20-8-4-5-9-21(20)22)15-25-23(26)17-6-2-1-3-7-17/h1-13,18,22H,14-15H2,(H,25,26)/t18-,22-/m0/s1. The van der Waals surface area contributed by atoms with E-state index in [2.05, 4.69) is 17.4 Å². The van der Waals surface area contributed by atoms with Crippen LogP contribution in [0.5, 0.6) is 0 Å². The molecule has 1 aliphatic rings. The lowest BCUT2D eigenvalue weighted by Gasteiger charge is -2.14. The van der Waals surface area contributed by atoms with Gasteiger partial charge in [0.15, 0.2) is 0 Å². The van der Waals surface area contributed by atoms with E-state index in [0.717, 1.165) is 12.0 Å². The highest BCUT2D eigenvalue weighted by atomic mass is 19.1. The Morgan fingerprint density at radius 1 is 0.885 bits per heavy atom. The van der Waals surface area contributed by atoms with E-state index in [9.17, 15) is 9.18 Å². The van der Waals surface area contributed by atoms with Crippen LogP contribution in [-0.2, 0) is 0 Å². The molecule has 0 radical (unpaired) electrons. The van der Waals surface area contributed by atoms with Crippen molar-refractivity contribution in [2.75, 3.05) is 6.54 Å². The van der Waals surface area contributed by atoms with Gasteiger partial charge in [0, 0.05) is 23.9 Å². The molecule has 2 atom stereocenters. The van der Waals surface area contributed by atoms with Crippen LogP contribution in [0.3, 0.4) is 0 Å². The third-order valence-corrected chi connectivity index (χ3v) is 5.15. The zero-order valence-corrected chi connectivity index (χ0v) is 14.4. The van der Waals surface area contributed by atoms with E-state index >= 15 is 0 Å².